The molecule has 0 N–H and O–H groups in total. The Morgan fingerprint density at radius 3 is 2.59 bits per heavy atom. The Bertz CT molecular complexity index is 555. The van der Waals surface area contributed by atoms with E-state index in [2.05, 4.69) is 9.97 Å². The SMILES string of the molecule is CC(C)(C)OC(=O)N1CC[C@H](Oc2ncc([N+](=O)[O-])cn2)C1. The van der Waals surface area contributed by atoms with Gasteiger partial charge in [-0.2, -0.15) is 9.97 Å². The zero-order valence-electron chi connectivity index (χ0n) is 12.7. The summed E-state index contributed by atoms with van der Waals surface area (Å²) >= 11 is 0. The summed E-state index contributed by atoms with van der Waals surface area (Å²) in [5, 5.41) is 10.5. The van der Waals surface area contributed by atoms with Gasteiger partial charge in [0.05, 0.1) is 11.5 Å². The van der Waals surface area contributed by atoms with Crippen molar-refractivity contribution < 1.29 is 19.2 Å². The molecule has 1 aromatic heterocycles. The van der Waals surface area contributed by atoms with Gasteiger partial charge in [0.2, 0.25) is 0 Å². The lowest BCUT2D eigenvalue weighted by molar-refractivity contribution is -0.385. The van der Waals surface area contributed by atoms with Gasteiger partial charge in [0.25, 0.3) is 0 Å². The zero-order chi connectivity index (χ0) is 16.3. The number of ether oxygens (including phenoxy) is 2. The summed E-state index contributed by atoms with van der Waals surface area (Å²) in [6.07, 6.45) is 2.16. The maximum absolute atomic E-state index is 11.9. The fraction of sp³-hybridized carbons (Fsp3) is 0.615. The highest BCUT2D eigenvalue weighted by molar-refractivity contribution is 5.68. The molecule has 1 aliphatic rings. The largest absolute Gasteiger partial charge is 0.458 e. The first-order valence-corrected chi connectivity index (χ1v) is 6.85. The zero-order valence-corrected chi connectivity index (χ0v) is 12.7. The molecule has 1 aromatic rings. The van der Waals surface area contributed by atoms with E-state index in [9.17, 15) is 14.9 Å². The average Bonchev–Trinajstić information content (AvgIpc) is 2.86. The molecule has 22 heavy (non-hydrogen) atoms. The first-order chi connectivity index (χ1) is 10.2. The topological polar surface area (TPSA) is 108 Å². The first-order valence-electron chi connectivity index (χ1n) is 6.85. The fourth-order valence-electron chi connectivity index (χ4n) is 1.93. The molecule has 9 heteroatoms. The van der Waals surface area contributed by atoms with Gasteiger partial charge in [0, 0.05) is 13.0 Å². The summed E-state index contributed by atoms with van der Waals surface area (Å²) in [4.78, 5) is 31.0. The lowest BCUT2D eigenvalue weighted by Crippen LogP contribution is -2.36. The molecule has 1 fully saturated rings. The molecule has 1 atom stereocenters. The second kappa shape index (κ2) is 6.12. The minimum absolute atomic E-state index is 0.0571. The second-order valence-electron chi connectivity index (χ2n) is 5.94. The van der Waals surface area contributed by atoms with Crippen molar-refractivity contribution in [3.8, 4) is 6.01 Å². The Morgan fingerprint density at radius 2 is 2.05 bits per heavy atom. The first kappa shape index (κ1) is 15.9. The van der Waals surface area contributed by atoms with Gasteiger partial charge in [-0.3, -0.25) is 10.1 Å². The minimum atomic E-state index is -0.580. The van der Waals surface area contributed by atoms with Gasteiger partial charge >= 0.3 is 17.8 Å². The van der Waals surface area contributed by atoms with Gasteiger partial charge < -0.3 is 14.4 Å². The van der Waals surface area contributed by atoms with Crippen LogP contribution in [0.25, 0.3) is 0 Å². The van der Waals surface area contributed by atoms with Gasteiger partial charge in [0.1, 0.15) is 24.1 Å². The molecule has 0 aliphatic carbocycles. The molecule has 0 aromatic carbocycles. The van der Waals surface area contributed by atoms with Crippen molar-refractivity contribution in [3.63, 3.8) is 0 Å². The van der Waals surface area contributed by atoms with E-state index in [0.717, 1.165) is 12.4 Å². The van der Waals surface area contributed by atoms with Crippen molar-refractivity contribution in [1.82, 2.24) is 14.9 Å². The molecule has 0 bridgehead atoms. The highest BCUT2D eigenvalue weighted by atomic mass is 16.6. The number of aromatic nitrogens is 2. The molecule has 2 heterocycles. The van der Waals surface area contributed by atoms with Crippen molar-refractivity contribution in [2.75, 3.05) is 13.1 Å². The lowest BCUT2D eigenvalue weighted by atomic mass is 10.2. The molecule has 0 radical (unpaired) electrons. The van der Waals surface area contributed by atoms with Gasteiger partial charge in [0.15, 0.2) is 0 Å². The van der Waals surface area contributed by atoms with Gasteiger partial charge in [-0.25, -0.2) is 4.79 Å². The van der Waals surface area contributed by atoms with Crippen LogP contribution in [0.5, 0.6) is 6.01 Å². The second-order valence-corrected chi connectivity index (χ2v) is 5.94. The molecular formula is C13H18N4O5. The Labute approximate surface area is 127 Å². The molecular weight excluding hydrogens is 292 g/mol. The van der Waals surface area contributed by atoms with Crippen LogP contribution in [0.3, 0.4) is 0 Å². The van der Waals surface area contributed by atoms with Crippen molar-refractivity contribution >= 4 is 11.8 Å². The number of hydrogen-bond acceptors (Lipinski definition) is 7. The number of amides is 1. The summed E-state index contributed by atoms with van der Waals surface area (Å²) in [5.41, 5.74) is -0.744. The van der Waals surface area contributed by atoms with Gasteiger partial charge in [-0.15, -0.1) is 0 Å². The van der Waals surface area contributed by atoms with Crippen LogP contribution in [-0.2, 0) is 4.74 Å². The summed E-state index contributed by atoms with van der Waals surface area (Å²) in [7, 11) is 0. The Morgan fingerprint density at radius 1 is 1.41 bits per heavy atom. The van der Waals surface area contributed by atoms with E-state index in [1.807, 2.05) is 0 Å². The summed E-state index contributed by atoms with van der Waals surface area (Å²) < 4.78 is 10.8. The summed E-state index contributed by atoms with van der Waals surface area (Å²) in [5.74, 6) is 0. The molecule has 1 aliphatic heterocycles. The van der Waals surface area contributed by atoms with Crippen LogP contribution in [0, 0.1) is 10.1 Å². The smallest absolute Gasteiger partial charge is 0.410 e. The van der Waals surface area contributed by atoms with E-state index in [0.29, 0.717) is 19.5 Å². The monoisotopic (exact) mass is 310 g/mol. The quantitative estimate of drug-likeness (QED) is 0.618. The highest BCUT2D eigenvalue weighted by Crippen LogP contribution is 2.19. The predicted octanol–water partition coefficient (Wildman–Crippen LogP) is 1.77. The van der Waals surface area contributed by atoms with E-state index in [1.165, 1.54) is 0 Å². The van der Waals surface area contributed by atoms with Crippen LogP contribution < -0.4 is 4.74 Å². The number of carbonyl (C=O) groups is 1. The number of carbonyl (C=O) groups excluding carboxylic acids is 1. The number of hydrogen-bond donors (Lipinski definition) is 0. The predicted molar refractivity (Wildman–Crippen MR) is 75.5 cm³/mol. The van der Waals surface area contributed by atoms with Crippen LogP contribution in [0.1, 0.15) is 27.2 Å². The molecule has 1 saturated heterocycles. The van der Waals surface area contributed by atoms with E-state index in [-0.39, 0.29) is 23.9 Å². The number of nitrogens with zero attached hydrogens (tertiary/aromatic N) is 4. The van der Waals surface area contributed by atoms with Crippen LogP contribution in [0.15, 0.2) is 12.4 Å². The van der Waals surface area contributed by atoms with Crippen molar-refractivity contribution in [1.29, 1.82) is 0 Å². The lowest BCUT2D eigenvalue weighted by Gasteiger charge is -2.24. The summed E-state index contributed by atoms with van der Waals surface area (Å²) in [6, 6.07) is 0.0571. The summed E-state index contributed by atoms with van der Waals surface area (Å²) in [6.45, 7) is 6.31. The third-order valence-electron chi connectivity index (χ3n) is 2.89. The van der Waals surface area contributed by atoms with Crippen LogP contribution in [0.2, 0.25) is 0 Å². The van der Waals surface area contributed by atoms with E-state index >= 15 is 0 Å². The highest BCUT2D eigenvalue weighted by Gasteiger charge is 2.31. The molecule has 9 nitrogen and oxygen atoms in total. The standard InChI is InChI=1S/C13H18N4O5/c1-13(2,3)22-12(18)16-5-4-10(8-16)21-11-14-6-9(7-15-11)17(19)20/h6-7,10H,4-5,8H2,1-3H3/t10-/m0/s1. The number of nitro groups is 1. The fourth-order valence-corrected chi connectivity index (χ4v) is 1.93. The molecule has 0 spiro atoms. The molecule has 1 amide bonds. The number of likely N-dealkylation sites (tertiary alicyclic amines) is 1. The van der Waals surface area contributed by atoms with Crippen molar-refractivity contribution in [2.24, 2.45) is 0 Å². The van der Waals surface area contributed by atoms with Crippen molar-refractivity contribution in [2.45, 2.75) is 38.9 Å². The van der Waals surface area contributed by atoms with Crippen LogP contribution in [0.4, 0.5) is 10.5 Å². The minimum Gasteiger partial charge on any atom is -0.458 e. The van der Waals surface area contributed by atoms with Crippen LogP contribution in [-0.4, -0.2) is 50.7 Å². The van der Waals surface area contributed by atoms with Gasteiger partial charge in [-0.1, -0.05) is 0 Å². The van der Waals surface area contributed by atoms with E-state index in [4.69, 9.17) is 9.47 Å². The van der Waals surface area contributed by atoms with Gasteiger partial charge in [-0.05, 0) is 20.8 Å². The third-order valence-corrected chi connectivity index (χ3v) is 2.89. The Kier molecular flexibility index (Phi) is 4.43. The maximum Gasteiger partial charge on any atom is 0.410 e. The normalized spacial score (nSPS) is 18.1. The van der Waals surface area contributed by atoms with E-state index < -0.39 is 10.5 Å². The maximum atomic E-state index is 11.9. The molecule has 120 valence electrons. The van der Waals surface area contributed by atoms with Crippen LogP contribution >= 0.6 is 0 Å². The Balaban J connectivity index is 1.88. The third kappa shape index (κ3) is 4.27. The number of rotatable bonds is 3. The molecule has 0 unspecified atom stereocenters. The molecule has 0 saturated carbocycles. The van der Waals surface area contributed by atoms with E-state index in [1.54, 1.807) is 25.7 Å². The Hall–Kier alpha value is -2.45. The molecule has 2 rings (SSSR count). The van der Waals surface area contributed by atoms with Crippen molar-refractivity contribution in [3.05, 3.63) is 22.5 Å². The average molecular weight is 310 g/mol.